The van der Waals surface area contributed by atoms with Crippen molar-refractivity contribution in [1.29, 1.82) is 0 Å². The van der Waals surface area contributed by atoms with E-state index in [1.165, 1.54) is 0 Å². The third-order valence-electron chi connectivity index (χ3n) is 2.68. The zero-order chi connectivity index (χ0) is 13.2. The quantitative estimate of drug-likeness (QED) is 0.482. The molecule has 3 rings (SSSR count). The van der Waals surface area contributed by atoms with Gasteiger partial charge in [-0.05, 0) is 52.2 Å². The Bertz CT molecular complexity index is 792. The number of halogens is 2. The van der Waals surface area contributed by atoms with Crippen molar-refractivity contribution in [2.24, 2.45) is 0 Å². The predicted molar refractivity (Wildman–Crippen MR) is 84.0 cm³/mol. The van der Waals surface area contributed by atoms with Gasteiger partial charge in [-0.3, -0.25) is 0 Å². The maximum Gasteiger partial charge on any atom is 0.192 e. The van der Waals surface area contributed by atoms with E-state index in [4.69, 9.17) is 4.42 Å². The zero-order valence-electron chi connectivity index (χ0n) is 9.78. The van der Waals surface area contributed by atoms with Gasteiger partial charge in [-0.15, -0.1) is 0 Å². The number of benzene rings is 2. The third kappa shape index (κ3) is 2.60. The summed E-state index contributed by atoms with van der Waals surface area (Å²) < 4.78 is 7.65. The van der Waals surface area contributed by atoms with E-state index in [0.29, 0.717) is 5.76 Å². The molecule has 1 heterocycles. The molecule has 0 saturated heterocycles. The SMILES string of the molecule is Brc1ccc2oc(C#Cc3ccccc3)c(Br)c2c1. The molecule has 1 nitrogen and oxygen atoms in total. The summed E-state index contributed by atoms with van der Waals surface area (Å²) in [6.45, 7) is 0. The number of hydrogen-bond donors (Lipinski definition) is 0. The Kier molecular flexibility index (Phi) is 3.46. The van der Waals surface area contributed by atoms with Crippen LogP contribution in [0.3, 0.4) is 0 Å². The summed E-state index contributed by atoms with van der Waals surface area (Å²) in [6, 6.07) is 15.7. The highest BCUT2D eigenvalue weighted by atomic mass is 79.9. The van der Waals surface area contributed by atoms with Crippen molar-refractivity contribution < 1.29 is 4.42 Å². The van der Waals surface area contributed by atoms with E-state index in [1.54, 1.807) is 0 Å². The van der Waals surface area contributed by atoms with Gasteiger partial charge < -0.3 is 4.42 Å². The summed E-state index contributed by atoms with van der Waals surface area (Å²) in [5.74, 6) is 6.80. The van der Waals surface area contributed by atoms with Crippen molar-refractivity contribution >= 4 is 42.8 Å². The highest BCUT2D eigenvalue weighted by Crippen LogP contribution is 2.32. The summed E-state index contributed by atoms with van der Waals surface area (Å²) in [4.78, 5) is 0. The molecule has 0 radical (unpaired) electrons. The molecule has 0 saturated carbocycles. The summed E-state index contributed by atoms with van der Waals surface area (Å²) in [7, 11) is 0. The van der Waals surface area contributed by atoms with Crippen LogP contribution in [0.15, 0.2) is 61.9 Å². The summed E-state index contributed by atoms with van der Waals surface area (Å²) in [6.07, 6.45) is 0. The first-order chi connectivity index (χ1) is 9.24. The molecule has 19 heavy (non-hydrogen) atoms. The maximum absolute atomic E-state index is 5.73. The molecule has 3 aromatic rings. The van der Waals surface area contributed by atoms with E-state index in [2.05, 4.69) is 43.7 Å². The second-order valence-corrected chi connectivity index (χ2v) is 5.71. The van der Waals surface area contributed by atoms with Crippen molar-refractivity contribution in [2.45, 2.75) is 0 Å². The van der Waals surface area contributed by atoms with Crippen LogP contribution in [0.5, 0.6) is 0 Å². The lowest BCUT2D eigenvalue weighted by Crippen LogP contribution is -1.72. The van der Waals surface area contributed by atoms with Gasteiger partial charge in [-0.2, -0.15) is 0 Å². The van der Waals surface area contributed by atoms with Crippen LogP contribution in [0.4, 0.5) is 0 Å². The second-order valence-electron chi connectivity index (χ2n) is 4.00. The van der Waals surface area contributed by atoms with Gasteiger partial charge in [0.15, 0.2) is 5.76 Å². The van der Waals surface area contributed by atoms with Crippen LogP contribution in [0.25, 0.3) is 11.0 Å². The average molecular weight is 376 g/mol. The van der Waals surface area contributed by atoms with E-state index in [1.807, 2.05) is 48.5 Å². The fraction of sp³-hybridized carbons (Fsp3) is 0. The van der Waals surface area contributed by atoms with E-state index in [0.717, 1.165) is 25.5 Å². The van der Waals surface area contributed by atoms with E-state index in [-0.39, 0.29) is 0 Å². The summed E-state index contributed by atoms with van der Waals surface area (Å²) >= 11 is 7.00. The van der Waals surface area contributed by atoms with Crippen molar-refractivity contribution in [1.82, 2.24) is 0 Å². The van der Waals surface area contributed by atoms with Crippen LogP contribution in [-0.2, 0) is 0 Å². The highest BCUT2D eigenvalue weighted by molar-refractivity contribution is 9.11. The van der Waals surface area contributed by atoms with Gasteiger partial charge in [0.1, 0.15) is 5.58 Å². The van der Waals surface area contributed by atoms with Gasteiger partial charge in [0.05, 0.1) is 4.47 Å². The van der Waals surface area contributed by atoms with E-state index in [9.17, 15) is 0 Å². The van der Waals surface area contributed by atoms with Crippen molar-refractivity contribution in [3.05, 3.63) is 68.8 Å². The molecule has 0 unspecified atom stereocenters. The molecule has 0 aliphatic heterocycles. The van der Waals surface area contributed by atoms with Crippen molar-refractivity contribution in [3.8, 4) is 11.8 Å². The Morgan fingerprint density at radius 3 is 2.47 bits per heavy atom. The fourth-order valence-electron chi connectivity index (χ4n) is 1.77. The van der Waals surface area contributed by atoms with Crippen LogP contribution in [0.2, 0.25) is 0 Å². The summed E-state index contributed by atoms with van der Waals surface area (Å²) in [5, 5.41) is 1.02. The average Bonchev–Trinajstić information content (AvgIpc) is 2.74. The minimum Gasteiger partial charge on any atom is -0.446 e. The minimum absolute atomic E-state index is 0.650. The Morgan fingerprint density at radius 1 is 0.895 bits per heavy atom. The molecule has 92 valence electrons. The fourth-order valence-corrected chi connectivity index (χ4v) is 2.62. The monoisotopic (exact) mass is 374 g/mol. The normalized spacial score (nSPS) is 10.2. The second kappa shape index (κ2) is 5.24. The largest absolute Gasteiger partial charge is 0.446 e. The van der Waals surface area contributed by atoms with Crippen LogP contribution >= 0.6 is 31.9 Å². The molecule has 0 amide bonds. The lowest BCUT2D eigenvalue weighted by molar-refractivity contribution is 0.599. The zero-order valence-corrected chi connectivity index (χ0v) is 13.0. The Labute approximate surface area is 127 Å². The Morgan fingerprint density at radius 2 is 1.68 bits per heavy atom. The van der Waals surface area contributed by atoms with Crippen molar-refractivity contribution in [3.63, 3.8) is 0 Å². The first kappa shape index (κ1) is 12.5. The van der Waals surface area contributed by atoms with Gasteiger partial charge >= 0.3 is 0 Å². The molecule has 0 aliphatic carbocycles. The summed E-state index contributed by atoms with van der Waals surface area (Å²) in [5.41, 5.74) is 1.79. The van der Waals surface area contributed by atoms with Gasteiger partial charge in [0, 0.05) is 15.4 Å². The molecule has 0 atom stereocenters. The Balaban J connectivity index is 2.07. The first-order valence-electron chi connectivity index (χ1n) is 5.68. The topological polar surface area (TPSA) is 13.1 Å². The lowest BCUT2D eigenvalue weighted by Gasteiger charge is -1.89. The lowest BCUT2D eigenvalue weighted by atomic mass is 10.2. The van der Waals surface area contributed by atoms with Crippen LogP contribution in [0, 0.1) is 11.8 Å². The van der Waals surface area contributed by atoms with Crippen molar-refractivity contribution in [2.75, 3.05) is 0 Å². The first-order valence-corrected chi connectivity index (χ1v) is 7.27. The smallest absolute Gasteiger partial charge is 0.192 e. The minimum atomic E-state index is 0.650. The number of fused-ring (bicyclic) bond motifs is 1. The highest BCUT2D eigenvalue weighted by Gasteiger charge is 2.09. The maximum atomic E-state index is 5.73. The number of hydrogen-bond acceptors (Lipinski definition) is 1. The Hall–Kier alpha value is -1.50. The molecule has 0 fully saturated rings. The number of furan rings is 1. The van der Waals surface area contributed by atoms with E-state index < -0.39 is 0 Å². The van der Waals surface area contributed by atoms with Gasteiger partial charge in [0.25, 0.3) is 0 Å². The molecule has 1 aromatic heterocycles. The number of rotatable bonds is 0. The molecule has 0 spiro atoms. The van der Waals surface area contributed by atoms with Gasteiger partial charge in [-0.25, -0.2) is 0 Å². The van der Waals surface area contributed by atoms with Crippen LogP contribution in [0.1, 0.15) is 11.3 Å². The van der Waals surface area contributed by atoms with Gasteiger partial charge in [-0.1, -0.05) is 40.0 Å². The van der Waals surface area contributed by atoms with Crippen LogP contribution < -0.4 is 0 Å². The molecule has 2 aromatic carbocycles. The van der Waals surface area contributed by atoms with Gasteiger partial charge in [0.2, 0.25) is 0 Å². The predicted octanol–water partition coefficient (Wildman–Crippen LogP) is 5.36. The third-order valence-corrected chi connectivity index (χ3v) is 3.96. The van der Waals surface area contributed by atoms with E-state index >= 15 is 0 Å². The molecule has 0 bridgehead atoms. The molecule has 0 N–H and O–H groups in total. The molecular formula is C16H8Br2O. The molecule has 3 heteroatoms. The molecule has 0 aliphatic rings. The molecular weight excluding hydrogens is 368 g/mol. The van der Waals surface area contributed by atoms with Crippen LogP contribution in [-0.4, -0.2) is 0 Å². The standard InChI is InChI=1S/C16H8Br2O/c17-12-7-9-14-13(10-12)16(18)15(19-14)8-6-11-4-2-1-3-5-11/h1-5,7,9-10H.